The summed E-state index contributed by atoms with van der Waals surface area (Å²) in [6.07, 6.45) is 0. The van der Waals surface area contributed by atoms with E-state index in [2.05, 4.69) is 204 Å². The molecule has 0 unspecified atom stereocenters. The first-order valence-corrected chi connectivity index (χ1v) is 21.5. The Morgan fingerprint density at radius 1 is 0.397 bits per heavy atom. The van der Waals surface area contributed by atoms with E-state index in [0.29, 0.717) is 0 Å². The Hall–Kier alpha value is -8.15. The number of anilines is 3. The average molecular weight is 810 g/mol. The highest BCUT2D eigenvalue weighted by Crippen LogP contribution is 2.53. The number of hydrogen-bond donors (Lipinski definition) is 0. The normalized spacial score (nSPS) is 13.8. The minimum atomic E-state index is -0.320. The van der Waals surface area contributed by atoms with Gasteiger partial charge in [0.25, 0.3) is 0 Å². The van der Waals surface area contributed by atoms with E-state index in [1.54, 1.807) is 0 Å². The Balaban J connectivity index is 0.986. The molecule has 63 heavy (non-hydrogen) atoms. The number of benzene rings is 9. The monoisotopic (exact) mass is 809 g/mol. The molecule has 0 N–H and O–H groups in total. The molecule has 2 aliphatic rings. The fourth-order valence-electron chi connectivity index (χ4n) is 10.5. The van der Waals surface area contributed by atoms with Crippen LogP contribution in [0.4, 0.5) is 17.1 Å². The number of nitrogens with zero attached hydrogens (tertiary/aromatic N) is 3. The number of carbonyl (C=O) groups is 1. The van der Waals surface area contributed by atoms with Crippen LogP contribution in [0.1, 0.15) is 40.9 Å². The lowest BCUT2D eigenvalue weighted by molar-refractivity contribution is 0.103. The van der Waals surface area contributed by atoms with E-state index in [1.165, 1.54) is 21.5 Å². The molecule has 0 saturated heterocycles. The fourth-order valence-corrected chi connectivity index (χ4v) is 10.5. The molecule has 0 bridgehead atoms. The number of rotatable bonds is 4. The first-order valence-electron chi connectivity index (χ1n) is 21.5. The van der Waals surface area contributed by atoms with E-state index in [9.17, 15) is 4.79 Å². The molecule has 13 rings (SSSR count). The van der Waals surface area contributed by atoms with Crippen LogP contribution in [0.3, 0.4) is 0 Å². The molecule has 1 aliphatic carbocycles. The smallest absolute Gasteiger partial charge is 0.193 e. The van der Waals surface area contributed by atoms with Gasteiger partial charge in [0.2, 0.25) is 0 Å². The third-order valence-corrected chi connectivity index (χ3v) is 13.5. The number of para-hydroxylation sites is 4. The van der Waals surface area contributed by atoms with Crippen LogP contribution in [0.15, 0.2) is 200 Å². The highest BCUT2D eigenvalue weighted by Gasteiger charge is 2.37. The van der Waals surface area contributed by atoms with E-state index in [4.69, 9.17) is 4.74 Å². The number of ether oxygens (including phenoxy) is 1. The molecule has 298 valence electrons. The first-order chi connectivity index (χ1) is 30.9. The SMILES string of the molecule is CC1(C)c2ccccc2C(=O)c2ccc(-c3ccc(N4c5cc(-n6c7ccccc7c7ccccc76)ccc5Oc5ccc(-n6c7ccccc7c7ccccc76)cc54)cc3)cc21. The predicted molar refractivity (Wildman–Crippen MR) is 257 cm³/mol. The van der Waals surface area contributed by atoms with Gasteiger partial charge in [0, 0.05) is 55.1 Å². The maximum absolute atomic E-state index is 13.7. The van der Waals surface area contributed by atoms with Crippen molar-refractivity contribution in [3.8, 4) is 34.0 Å². The largest absolute Gasteiger partial charge is 0.453 e. The lowest BCUT2D eigenvalue weighted by Crippen LogP contribution is -2.30. The maximum atomic E-state index is 13.7. The van der Waals surface area contributed by atoms with Crippen molar-refractivity contribution < 1.29 is 9.53 Å². The van der Waals surface area contributed by atoms with Crippen molar-refractivity contribution in [2.75, 3.05) is 4.90 Å². The van der Waals surface area contributed by atoms with Gasteiger partial charge in [-0.1, -0.05) is 135 Å². The summed E-state index contributed by atoms with van der Waals surface area (Å²) in [6.45, 7) is 4.44. The minimum Gasteiger partial charge on any atom is -0.453 e. The standard InChI is InChI=1S/C58H39N3O2/c1-58(2)47-18-8-3-17-45(47)57(62)46-30-25-37(33-48(46)58)36-23-26-38(27-24-36)59-53-34-39(60-49-19-9-4-13-41(49)42-14-5-10-20-50(42)60)28-31-55(53)63-56-32-29-40(35-54(56)59)61-51-21-11-6-15-43(51)44-16-7-12-22-52(44)61/h3-35H,1-2H3. The van der Waals surface area contributed by atoms with Gasteiger partial charge in [-0.2, -0.15) is 0 Å². The highest BCUT2D eigenvalue weighted by molar-refractivity contribution is 6.14. The number of fused-ring (bicyclic) bond motifs is 10. The lowest BCUT2D eigenvalue weighted by Gasteiger charge is -2.34. The quantitative estimate of drug-likeness (QED) is 0.178. The zero-order chi connectivity index (χ0) is 42.0. The van der Waals surface area contributed by atoms with Gasteiger partial charge in [-0.25, -0.2) is 0 Å². The van der Waals surface area contributed by atoms with E-state index in [1.807, 2.05) is 24.3 Å². The summed E-state index contributed by atoms with van der Waals surface area (Å²) in [5, 5.41) is 4.87. The van der Waals surface area contributed by atoms with Crippen LogP contribution in [0.5, 0.6) is 11.5 Å². The second-order valence-electron chi connectivity index (χ2n) is 17.3. The summed E-state index contributed by atoms with van der Waals surface area (Å²) < 4.78 is 11.6. The van der Waals surface area contributed by atoms with E-state index < -0.39 is 0 Å². The lowest BCUT2D eigenvalue weighted by atomic mass is 9.68. The zero-order valence-electron chi connectivity index (χ0n) is 34.7. The first kappa shape index (κ1) is 35.6. The van der Waals surface area contributed by atoms with Gasteiger partial charge < -0.3 is 18.8 Å². The van der Waals surface area contributed by atoms with Crippen molar-refractivity contribution in [2.24, 2.45) is 0 Å². The summed E-state index contributed by atoms with van der Waals surface area (Å²) in [5.74, 6) is 1.65. The van der Waals surface area contributed by atoms with Gasteiger partial charge in [0.1, 0.15) is 0 Å². The number of ketones is 1. The zero-order valence-corrected chi connectivity index (χ0v) is 34.7. The second-order valence-corrected chi connectivity index (χ2v) is 17.3. The number of aromatic nitrogens is 2. The minimum absolute atomic E-state index is 0.0898. The van der Waals surface area contributed by atoms with Crippen LogP contribution in [0.25, 0.3) is 66.1 Å². The Morgan fingerprint density at radius 3 is 1.35 bits per heavy atom. The Bertz CT molecular complexity index is 3450. The molecular formula is C58H39N3O2. The van der Waals surface area contributed by atoms with E-state index in [0.717, 1.165) is 95.4 Å². The molecule has 0 spiro atoms. The van der Waals surface area contributed by atoms with E-state index in [-0.39, 0.29) is 11.2 Å². The van der Waals surface area contributed by atoms with Crippen LogP contribution in [-0.4, -0.2) is 14.9 Å². The molecule has 9 aromatic carbocycles. The molecular weight excluding hydrogens is 771 g/mol. The molecule has 5 nitrogen and oxygen atoms in total. The van der Waals surface area contributed by atoms with Crippen LogP contribution in [-0.2, 0) is 5.41 Å². The maximum Gasteiger partial charge on any atom is 0.193 e. The molecule has 1 aliphatic heterocycles. The van der Waals surface area contributed by atoms with Crippen molar-refractivity contribution in [2.45, 2.75) is 19.3 Å². The van der Waals surface area contributed by atoms with Crippen molar-refractivity contribution in [1.29, 1.82) is 0 Å². The Morgan fingerprint density at radius 2 is 0.825 bits per heavy atom. The van der Waals surface area contributed by atoms with Crippen molar-refractivity contribution in [1.82, 2.24) is 9.13 Å². The predicted octanol–water partition coefficient (Wildman–Crippen LogP) is 15.0. The van der Waals surface area contributed by atoms with Gasteiger partial charge in [-0.15, -0.1) is 0 Å². The second kappa shape index (κ2) is 13.2. The highest BCUT2D eigenvalue weighted by atomic mass is 16.5. The summed E-state index contributed by atoms with van der Waals surface area (Å²) in [4.78, 5) is 16.0. The van der Waals surface area contributed by atoms with E-state index >= 15 is 0 Å². The van der Waals surface area contributed by atoms with Crippen molar-refractivity contribution in [3.63, 3.8) is 0 Å². The van der Waals surface area contributed by atoms with Gasteiger partial charge >= 0.3 is 0 Å². The summed E-state index contributed by atoms with van der Waals surface area (Å²) >= 11 is 0. The third kappa shape index (κ3) is 5.14. The molecule has 0 amide bonds. The Kier molecular flexibility index (Phi) is 7.44. The summed E-state index contributed by atoms with van der Waals surface area (Å²) in [7, 11) is 0. The molecule has 3 heterocycles. The van der Waals surface area contributed by atoms with Gasteiger partial charge in [-0.3, -0.25) is 4.79 Å². The fraction of sp³-hybridized carbons (Fsp3) is 0.0517. The van der Waals surface area contributed by atoms with Crippen LogP contribution < -0.4 is 9.64 Å². The summed E-state index contributed by atoms with van der Waals surface area (Å²) in [6, 6.07) is 70.7. The molecule has 0 radical (unpaired) electrons. The molecule has 0 fully saturated rings. The van der Waals surface area contributed by atoms with Crippen LogP contribution >= 0.6 is 0 Å². The third-order valence-electron chi connectivity index (χ3n) is 13.5. The van der Waals surface area contributed by atoms with Crippen molar-refractivity contribution >= 4 is 66.5 Å². The molecule has 0 saturated carbocycles. The van der Waals surface area contributed by atoms with Crippen molar-refractivity contribution in [3.05, 3.63) is 222 Å². The van der Waals surface area contributed by atoms with Gasteiger partial charge in [-0.05, 0) is 101 Å². The number of carbonyl (C=O) groups excluding carboxylic acids is 1. The summed E-state index contributed by atoms with van der Waals surface area (Å²) in [5.41, 5.74) is 15.1. The number of hydrogen-bond acceptors (Lipinski definition) is 3. The van der Waals surface area contributed by atoms with Crippen LogP contribution in [0, 0.1) is 0 Å². The molecule has 0 atom stereocenters. The van der Waals surface area contributed by atoms with Gasteiger partial charge in [0.05, 0.1) is 33.4 Å². The molecule has 5 heteroatoms. The van der Waals surface area contributed by atoms with Crippen LogP contribution in [0.2, 0.25) is 0 Å². The average Bonchev–Trinajstić information content (AvgIpc) is 3.85. The molecule has 2 aromatic heterocycles. The van der Waals surface area contributed by atoms with Gasteiger partial charge in [0.15, 0.2) is 17.3 Å². The Labute approximate surface area is 364 Å². The topological polar surface area (TPSA) is 39.4 Å². The molecule has 11 aromatic rings.